The Hall–Kier alpha value is -0.680. The van der Waals surface area contributed by atoms with E-state index in [0.29, 0.717) is 0 Å². The summed E-state index contributed by atoms with van der Waals surface area (Å²) in [6, 6.07) is 0. The van der Waals surface area contributed by atoms with Crippen LogP contribution in [0.15, 0.2) is 0 Å². The minimum atomic E-state index is 0.184. The molecule has 0 radical (unpaired) electrons. The molecule has 1 rings (SSSR count). The van der Waals surface area contributed by atoms with Crippen LogP contribution in [0, 0.1) is 0 Å². The standard InChI is InChI=1S/C9H17N3OS/c1-4-5-10-9-11-8(12-14-9)6-7(2)13-3/h7H,4-6H2,1-3H3,(H,10,11,12). The highest BCUT2D eigenvalue weighted by Gasteiger charge is 2.07. The lowest BCUT2D eigenvalue weighted by Gasteiger charge is -2.04. The van der Waals surface area contributed by atoms with E-state index in [4.69, 9.17) is 4.74 Å². The summed E-state index contributed by atoms with van der Waals surface area (Å²) in [5.41, 5.74) is 0. The highest BCUT2D eigenvalue weighted by molar-refractivity contribution is 7.09. The Bertz CT molecular complexity index is 264. The number of methoxy groups -OCH3 is 1. The van der Waals surface area contributed by atoms with Crippen molar-refractivity contribution in [2.24, 2.45) is 0 Å². The van der Waals surface area contributed by atoms with Crippen LogP contribution in [0.1, 0.15) is 26.1 Å². The van der Waals surface area contributed by atoms with E-state index >= 15 is 0 Å². The molecular weight excluding hydrogens is 198 g/mol. The quantitative estimate of drug-likeness (QED) is 0.787. The van der Waals surface area contributed by atoms with Gasteiger partial charge in [-0.1, -0.05) is 6.92 Å². The van der Waals surface area contributed by atoms with E-state index < -0.39 is 0 Å². The summed E-state index contributed by atoms with van der Waals surface area (Å²) in [5, 5.41) is 4.12. The predicted octanol–water partition coefficient (Wildman–Crippen LogP) is 1.94. The lowest BCUT2D eigenvalue weighted by Crippen LogP contribution is -2.09. The van der Waals surface area contributed by atoms with Crippen molar-refractivity contribution >= 4 is 16.7 Å². The average molecular weight is 215 g/mol. The maximum absolute atomic E-state index is 5.15. The molecule has 0 aliphatic carbocycles. The van der Waals surface area contributed by atoms with Gasteiger partial charge in [-0.15, -0.1) is 0 Å². The van der Waals surface area contributed by atoms with Crippen LogP contribution in [-0.2, 0) is 11.2 Å². The van der Waals surface area contributed by atoms with Gasteiger partial charge in [0.2, 0.25) is 5.13 Å². The van der Waals surface area contributed by atoms with Gasteiger partial charge < -0.3 is 10.1 Å². The molecule has 1 heterocycles. The van der Waals surface area contributed by atoms with Gasteiger partial charge in [0.15, 0.2) is 0 Å². The van der Waals surface area contributed by atoms with Crippen LogP contribution in [0.5, 0.6) is 0 Å². The van der Waals surface area contributed by atoms with Gasteiger partial charge in [0.25, 0.3) is 0 Å². The lowest BCUT2D eigenvalue weighted by atomic mass is 10.3. The van der Waals surface area contributed by atoms with Crippen molar-refractivity contribution in [3.8, 4) is 0 Å². The minimum absolute atomic E-state index is 0.184. The Labute approximate surface area is 88.9 Å². The van der Waals surface area contributed by atoms with Crippen LogP contribution in [0.4, 0.5) is 5.13 Å². The van der Waals surface area contributed by atoms with E-state index in [2.05, 4.69) is 21.6 Å². The Morgan fingerprint density at radius 3 is 3.00 bits per heavy atom. The zero-order valence-electron chi connectivity index (χ0n) is 8.91. The van der Waals surface area contributed by atoms with Crippen LogP contribution in [-0.4, -0.2) is 29.1 Å². The highest BCUT2D eigenvalue weighted by Crippen LogP contribution is 2.12. The number of rotatable bonds is 6. The molecule has 0 aliphatic rings. The molecule has 0 saturated heterocycles. The number of anilines is 1. The van der Waals surface area contributed by atoms with Crippen LogP contribution in [0.25, 0.3) is 0 Å². The van der Waals surface area contributed by atoms with Gasteiger partial charge in [-0.2, -0.15) is 4.37 Å². The number of nitrogens with zero attached hydrogens (tertiary/aromatic N) is 2. The Balaban J connectivity index is 2.42. The van der Waals surface area contributed by atoms with Crippen molar-refractivity contribution in [2.45, 2.75) is 32.8 Å². The Morgan fingerprint density at radius 2 is 2.36 bits per heavy atom. The van der Waals surface area contributed by atoms with E-state index in [1.165, 1.54) is 11.5 Å². The molecule has 4 nitrogen and oxygen atoms in total. The molecule has 1 aromatic rings. The molecule has 1 aromatic heterocycles. The molecule has 1 N–H and O–H groups in total. The minimum Gasteiger partial charge on any atom is -0.381 e. The van der Waals surface area contributed by atoms with Gasteiger partial charge >= 0.3 is 0 Å². The smallest absolute Gasteiger partial charge is 0.202 e. The molecule has 0 saturated carbocycles. The normalized spacial score (nSPS) is 12.8. The van der Waals surface area contributed by atoms with Crippen LogP contribution >= 0.6 is 11.5 Å². The SMILES string of the molecule is CCCNc1nc(CC(C)OC)ns1. The Kier molecular flexibility index (Phi) is 4.82. The van der Waals surface area contributed by atoms with E-state index in [0.717, 1.165) is 30.3 Å². The van der Waals surface area contributed by atoms with Crippen molar-refractivity contribution in [1.29, 1.82) is 0 Å². The second-order valence-corrected chi connectivity index (χ2v) is 3.94. The van der Waals surface area contributed by atoms with Gasteiger partial charge in [-0.3, -0.25) is 0 Å². The molecule has 0 amide bonds. The second-order valence-electron chi connectivity index (χ2n) is 3.19. The fourth-order valence-corrected chi connectivity index (χ4v) is 1.60. The van der Waals surface area contributed by atoms with Crippen molar-refractivity contribution in [3.05, 3.63) is 5.82 Å². The van der Waals surface area contributed by atoms with E-state index in [1.807, 2.05) is 6.92 Å². The molecule has 0 aromatic carbocycles. The number of hydrogen-bond donors (Lipinski definition) is 1. The highest BCUT2D eigenvalue weighted by atomic mass is 32.1. The van der Waals surface area contributed by atoms with Gasteiger partial charge in [-0.05, 0) is 13.3 Å². The molecule has 1 unspecified atom stereocenters. The van der Waals surface area contributed by atoms with Crippen molar-refractivity contribution < 1.29 is 4.74 Å². The number of nitrogens with one attached hydrogen (secondary N) is 1. The van der Waals surface area contributed by atoms with Gasteiger partial charge in [0, 0.05) is 31.6 Å². The summed E-state index contributed by atoms with van der Waals surface area (Å²) in [6.07, 6.45) is 2.06. The van der Waals surface area contributed by atoms with E-state index in [1.54, 1.807) is 7.11 Å². The molecule has 0 bridgehead atoms. The topological polar surface area (TPSA) is 47.0 Å². The largest absolute Gasteiger partial charge is 0.381 e. The Morgan fingerprint density at radius 1 is 1.57 bits per heavy atom. The van der Waals surface area contributed by atoms with Crippen molar-refractivity contribution in [1.82, 2.24) is 9.36 Å². The van der Waals surface area contributed by atoms with Gasteiger partial charge in [0.05, 0.1) is 6.10 Å². The first-order valence-corrected chi connectivity index (χ1v) is 5.62. The molecule has 0 aliphatic heterocycles. The predicted molar refractivity (Wildman–Crippen MR) is 58.9 cm³/mol. The van der Waals surface area contributed by atoms with E-state index in [-0.39, 0.29) is 6.10 Å². The third kappa shape index (κ3) is 3.59. The fraction of sp³-hybridized carbons (Fsp3) is 0.778. The summed E-state index contributed by atoms with van der Waals surface area (Å²) in [7, 11) is 1.70. The zero-order chi connectivity index (χ0) is 10.4. The van der Waals surface area contributed by atoms with Crippen LogP contribution in [0.3, 0.4) is 0 Å². The number of ether oxygens (including phenoxy) is 1. The fourth-order valence-electron chi connectivity index (χ4n) is 0.981. The molecule has 80 valence electrons. The summed E-state index contributed by atoms with van der Waals surface area (Å²) in [6.45, 7) is 5.09. The molecular formula is C9H17N3OS. The monoisotopic (exact) mass is 215 g/mol. The zero-order valence-corrected chi connectivity index (χ0v) is 9.73. The first-order chi connectivity index (χ1) is 6.76. The van der Waals surface area contributed by atoms with Crippen LogP contribution in [0.2, 0.25) is 0 Å². The third-order valence-corrected chi connectivity index (χ3v) is 2.58. The van der Waals surface area contributed by atoms with Gasteiger partial charge in [-0.25, -0.2) is 4.98 Å². The molecule has 5 heteroatoms. The first-order valence-electron chi connectivity index (χ1n) is 4.85. The summed E-state index contributed by atoms with van der Waals surface area (Å²) in [5.74, 6) is 0.864. The lowest BCUT2D eigenvalue weighted by molar-refractivity contribution is 0.117. The van der Waals surface area contributed by atoms with Crippen molar-refractivity contribution in [3.63, 3.8) is 0 Å². The van der Waals surface area contributed by atoms with E-state index in [9.17, 15) is 0 Å². The van der Waals surface area contributed by atoms with Crippen LogP contribution < -0.4 is 5.32 Å². The summed E-state index contributed by atoms with van der Waals surface area (Å²) in [4.78, 5) is 4.35. The number of aromatic nitrogens is 2. The maximum atomic E-state index is 5.15. The average Bonchev–Trinajstić information content (AvgIpc) is 2.62. The maximum Gasteiger partial charge on any atom is 0.202 e. The molecule has 0 spiro atoms. The molecule has 14 heavy (non-hydrogen) atoms. The third-order valence-electron chi connectivity index (χ3n) is 1.87. The molecule has 0 fully saturated rings. The van der Waals surface area contributed by atoms with Gasteiger partial charge in [0.1, 0.15) is 5.82 Å². The summed E-state index contributed by atoms with van der Waals surface area (Å²) >= 11 is 1.41. The first kappa shape index (κ1) is 11.4. The summed E-state index contributed by atoms with van der Waals surface area (Å²) < 4.78 is 9.39. The van der Waals surface area contributed by atoms with Crippen molar-refractivity contribution in [2.75, 3.05) is 19.0 Å². The molecule has 1 atom stereocenters. The second kappa shape index (κ2) is 5.93. The number of hydrogen-bond acceptors (Lipinski definition) is 5.